The Morgan fingerprint density at radius 1 is 1.00 bits per heavy atom. The number of carbonyl (C=O) groups excluding carboxylic acids is 2. The summed E-state index contributed by atoms with van der Waals surface area (Å²) in [5, 5.41) is 4.39. The summed E-state index contributed by atoms with van der Waals surface area (Å²) in [4.78, 5) is 27.6. The van der Waals surface area contributed by atoms with Crippen LogP contribution in [0.25, 0.3) is 0 Å². The highest BCUT2D eigenvalue weighted by molar-refractivity contribution is 6.36. The molecular weight excluding hydrogens is 459 g/mol. The molecular formula is C23H27Cl3N2O3. The van der Waals surface area contributed by atoms with E-state index in [4.69, 9.17) is 39.5 Å². The van der Waals surface area contributed by atoms with Gasteiger partial charge in [0.2, 0.25) is 5.91 Å². The maximum absolute atomic E-state index is 13.2. The molecule has 0 aliphatic heterocycles. The number of benzene rings is 2. The van der Waals surface area contributed by atoms with Gasteiger partial charge in [0.05, 0.1) is 0 Å². The Morgan fingerprint density at radius 3 is 2.16 bits per heavy atom. The van der Waals surface area contributed by atoms with Crippen LogP contribution in [0.4, 0.5) is 0 Å². The topological polar surface area (TPSA) is 58.6 Å². The van der Waals surface area contributed by atoms with E-state index >= 15 is 0 Å². The summed E-state index contributed by atoms with van der Waals surface area (Å²) in [6, 6.07) is 11.2. The Kier molecular flexibility index (Phi) is 9.94. The molecule has 31 heavy (non-hydrogen) atoms. The lowest BCUT2D eigenvalue weighted by Gasteiger charge is -2.31. The average molecular weight is 486 g/mol. The number of hydrogen-bond acceptors (Lipinski definition) is 3. The molecule has 2 unspecified atom stereocenters. The second-order valence-corrected chi connectivity index (χ2v) is 8.46. The van der Waals surface area contributed by atoms with Crippen molar-refractivity contribution in [1.29, 1.82) is 0 Å². The molecule has 0 heterocycles. The second kappa shape index (κ2) is 12.2. The van der Waals surface area contributed by atoms with Gasteiger partial charge in [-0.1, -0.05) is 54.7 Å². The van der Waals surface area contributed by atoms with Crippen LogP contribution in [-0.4, -0.2) is 35.4 Å². The monoisotopic (exact) mass is 484 g/mol. The number of halogens is 3. The molecule has 0 bridgehead atoms. The highest BCUT2D eigenvalue weighted by Gasteiger charge is 2.30. The van der Waals surface area contributed by atoms with Crippen LogP contribution in [-0.2, 0) is 16.1 Å². The molecule has 0 spiro atoms. The summed E-state index contributed by atoms with van der Waals surface area (Å²) in [6.07, 6.45) is 1.21. The minimum atomic E-state index is -0.692. The third-order valence-electron chi connectivity index (χ3n) is 4.95. The zero-order valence-electron chi connectivity index (χ0n) is 17.8. The van der Waals surface area contributed by atoms with Crippen LogP contribution in [0.5, 0.6) is 5.75 Å². The largest absolute Gasteiger partial charge is 0.484 e. The van der Waals surface area contributed by atoms with E-state index < -0.39 is 6.04 Å². The Balaban J connectivity index is 2.27. The zero-order valence-corrected chi connectivity index (χ0v) is 20.1. The highest BCUT2D eigenvalue weighted by Crippen LogP contribution is 2.27. The number of rotatable bonds is 10. The first-order chi connectivity index (χ1) is 14.8. The van der Waals surface area contributed by atoms with E-state index in [9.17, 15) is 9.59 Å². The molecule has 2 amide bonds. The summed E-state index contributed by atoms with van der Waals surface area (Å²) in [6.45, 7) is 5.61. The van der Waals surface area contributed by atoms with E-state index in [2.05, 4.69) is 5.32 Å². The molecule has 2 aromatic carbocycles. The van der Waals surface area contributed by atoms with Gasteiger partial charge in [-0.2, -0.15) is 0 Å². The van der Waals surface area contributed by atoms with Crippen LogP contribution in [0.2, 0.25) is 15.1 Å². The van der Waals surface area contributed by atoms with Gasteiger partial charge in [0.25, 0.3) is 5.91 Å². The summed E-state index contributed by atoms with van der Waals surface area (Å²) < 4.78 is 5.63. The zero-order chi connectivity index (χ0) is 23.0. The smallest absolute Gasteiger partial charge is 0.261 e. The van der Waals surface area contributed by atoms with Crippen LogP contribution in [0.1, 0.15) is 39.2 Å². The second-order valence-electron chi connectivity index (χ2n) is 7.21. The van der Waals surface area contributed by atoms with Gasteiger partial charge in [0.1, 0.15) is 11.8 Å². The summed E-state index contributed by atoms with van der Waals surface area (Å²) in [7, 11) is 0. The van der Waals surface area contributed by atoms with Crippen molar-refractivity contribution in [1.82, 2.24) is 10.2 Å². The molecule has 2 atom stereocenters. The van der Waals surface area contributed by atoms with Gasteiger partial charge < -0.3 is 15.0 Å². The van der Waals surface area contributed by atoms with E-state index in [1.807, 2.05) is 20.8 Å². The fourth-order valence-corrected chi connectivity index (χ4v) is 3.62. The highest BCUT2D eigenvalue weighted by atomic mass is 35.5. The van der Waals surface area contributed by atoms with Gasteiger partial charge in [-0.15, -0.1) is 0 Å². The van der Waals surface area contributed by atoms with Crippen molar-refractivity contribution in [3.8, 4) is 5.75 Å². The van der Waals surface area contributed by atoms with Crippen LogP contribution < -0.4 is 10.1 Å². The van der Waals surface area contributed by atoms with E-state index in [1.54, 1.807) is 42.5 Å². The van der Waals surface area contributed by atoms with Crippen molar-refractivity contribution in [2.45, 2.75) is 52.2 Å². The first kappa shape index (κ1) is 25.3. The lowest BCUT2D eigenvalue weighted by atomic mass is 10.1. The Labute approximate surface area is 198 Å². The van der Waals surface area contributed by atoms with Gasteiger partial charge >= 0.3 is 0 Å². The summed E-state index contributed by atoms with van der Waals surface area (Å²) >= 11 is 18.6. The molecule has 5 nitrogen and oxygen atoms in total. The third-order valence-corrected chi connectivity index (χ3v) is 5.91. The molecule has 2 rings (SSSR count). The minimum Gasteiger partial charge on any atom is -0.484 e. The molecule has 8 heteroatoms. The van der Waals surface area contributed by atoms with Crippen molar-refractivity contribution in [3.63, 3.8) is 0 Å². The van der Waals surface area contributed by atoms with Gasteiger partial charge in [-0.3, -0.25) is 9.59 Å². The Hall–Kier alpha value is -1.95. The normalized spacial score (nSPS) is 12.7. The van der Waals surface area contributed by atoms with Crippen molar-refractivity contribution in [3.05, 3.63) is 63.1 Å². The number of hydrogen-bond donors (Lipinski definition) is 1. The van der Waals surface area contributed by atoms with Crippen molar-refractivity contribution < 1.29 is 14.3 Å². The SMILES string of the molecule is CCC(C)NC(=O)C(CC)N(Cc1c(Cl)cccc1Cl)C(=O)COc1ccc(Cl)cc1. The van der Waals surface area contributed by atoms with Crippen molar-refractivity contribution in [2.75, 3.05) is 6.61 Å². The summed E-state index contributed by atoms with van der Waals surface area (Å²) in [5.41, 5.74) is 0.584. The molecule has 1 N–H and O–H groups in total. The van der Waals surface area contributed by atoms with Crippen LogP contribution >= 0.6 is 34.8 Å². The van der Waals surface area contributed by atoms with Crippen LogP contribution in [0.3, 0.4) is 0 Å². The lowest BCUT2D eigenvalue weighted by molar-refractivity contribution is -0.143. The minimum absolute atomic E-state index is 0.00674. The quantitative estimate of drug-likeness (QED) is 0.466. The first-order valence-electron chi connectivity index (χ1n) is 10.2. The van der Waals surface area contributed by atoms with Gasteiger partial charge in [0.15, 0.2) is 6.61 Å². The lowest BCUT2D eigenvalue weighted by Crippen LogP contribution is -2.51. The molecule has 0 aliphatic carbocycles. The molecule has 0 fully saturated rings. The fraction of sp³-hybridized carbons (Fsp3) is 0.391. The Bertz CT molecular complexity index is 870. The Morgan fingerprint density at radius 2 is 1.61 bits per heavy atom. The first-order valence-corrected chi connectivity index (χ1v) is 11.3. The maximum atomic E-state index is 13.2. The number of amides is 2. The summed E-state index contributed by atoms with van der Waals surface area (Å²) in [5.74, 6) is -0.0671. The number of ether oxygens (including phenoxy) is 1. The van der Waals surface area contributed by atoms with E-state index in [0.29, 0.717) is 32.8 Å². The molecule has 0 saturated carbocycles. The van der Waals surface area contributed by atoms with Crippen molar-refractivity contribution >= 4 is 46.6 Å². The molecule has 0 saturated heterocycles. The molecule has 0 aliphatic rings. The molecule has 168 valence electrons. The average Bonchev–Trinajstić information content (AvgIpc) is 2.74. The predicted octanol–water partition coefficient (Wildman–Crippen LogP) is 5.75. The van der Waals surface area contributed by atoms with E-state index in [0.717, 1.165) is 6.42 Å². The van der Waals surface area contributed by atoms with Gasteiger partial charge in [0, 0.05) is 33.2 Å². The number of carbonyl (C=O) groups is 2. The number of nitrogens with zero attached hydrogens (tertiary/aromatic N) is 1. The molecule has 0 radical (unpaired) electrons. The standard InChI is InChI=1S/C23H27Cl3N2O3/c1-4-15(3)27-23(30)21(5-2)28(13-18-19(25)7-6-8-20(18)26)22(29)14-31-17-11-9-16(24)10-12-17/h6-12,15,21H,4-5,13-14H2,1-3H3,(H,27,30). The van der Waals surface area contributed by atoms with Crippen molar-refractivity contribution in [2.24, 2.45) is 0 Å². The van der Waals surface area contributed by atoms with Gasteiger partial charge in [-0.25, -0.2) is 0 Å². The maximum Gasteiger partial charge on any atom is 0.261 e. The van der Waals surface area contributed by atoms with Gasteiger partial charge in [-0.05, 0) is 56.2 Å². The molecule has 2 aromatic rings. The third kappa shape index (κ3) is 7.30. The number of nitrogens with one attached hydrogen (secondary N) is 1. The predicted molar refractivity (Wildman–Crippen MR) is 126 cm³/mol. The van der Waals surface area contributed by atoms with E-state index in [1.165, 1.54) is 4.90 Å². The fourth-order valence-electron chi connectivity index (χ4n) is 2.97. The van der Waals surface area contributed by atoms with Crippen LogP contribution in [0.15, 0.2) is 42.5 Å². The van der Waals surface area contributed by atoms with E-state index in [-0.39, 0.29) is 31.0 Å². The molecule has 0 aromatic heterocycles. The van der Waals surface area contributed by atoms with Crippen LogP contribution in [0, 0.1) is 0 Å².